The van der Waals surface area contributed by atoms with Gasteiger partial charge in [0.15, 0.2) is 11.5 Å². The molecule has 166 valence electrons. The van der Waals surface area contributed by atoms with Gasteiger partial charge in [0.2, 0.25) is 0 Å². The third-order valence-electron chi connectivity index (χ3n) is 5.02. The molecule has 0 fully saturated rings. The van der Waals surface area contributed by atoms with Crippen LogP contribution in [0, 0.1) is 0 Å². The summed E-state index contributed by atoms with van der Waals surface area (Å²) in [5.41, 5.74) is 1.86. The Balaban J connectivity index is 1.45. The highest BCUT2D eigenvalue weighted by atomic mass is 32.2. The number of amides is 1. The van der Waals surface area contributed by atoms with Crippen LogP contribution in [0.4, 0.5) is 5.69 Å². The van der Waals surface area contributed by atoms with E-state index >= 15 is 0 Å². The Kier molecular flexibility index (Phi) is 6.32. The standard InChI is InChI=1S/C24H24N2O5S/c1-26(17-18-6-3-2-4-7-18)24(27)19-8-10-20(11-9-19)25-32(28,29)21-12-13-22-23(16-21)31-15-5-14-30-22/h2-4,6-13,16,25H,5,14-15,17H2,1H3. The summed E-state index contributed by atoms with van der Waals surface area (Å²) in [5.74, 6) is 0.794. The number of nitrogens with one attached hydrogen (secondary N) is 1. The van der Waals surface area contributed by atoms with Crippen molar-refractivity contribution in [3.63, 3.8) is 0 Å². The minimum Gasteiger partial charge on any atom is -0.490 e. The minimum atomic E-state index is -3.83. The van der Waals surface area contributed by atoms with E-state index < -0.39 is 10.0 Å². The van der Waals surface area contributed by atoms with Crippen LogP contribution in [0.3, 0.4) is 0 Å². The van der Waals surface area contributed by atoms with Crippen LogP contribution in [-0.4, -0.2) is 39.5 Å². The molecule has 3 aromatic carbocycles. The van der Waals surface area contributed by atoms with E-state index in [0.29, 0.717) is 42.5 Å². The van der Waals surface area contributed by atoms with Gasteiger partial charge in [-0.15, -0.1) is 0 Å². The van der Waals surface area contributed by atoms with Gasteiger partial charge >= 0.3 is 0 Å². The van der Waals surface area contributed by atoms with Crippen LogP contribution in [0.2, 0.25) is 0 Å². The Bertz CT molecular complexity index is 1190. The normalized spacial score (nSPS) is 13.2. The zero-order valence-corrected chi connectivity index (χ0v) is 18.5. The van der Waals surface area contributed by atoms with Crippen LogP contribution >= 0.6 is 0 Å². The number of ether oxygens (including phenoxy) is 2. The number of carbonyl (C=O) groups excluding carboxylic acids is 1. The van der Waals surface area contributed by atoms with Gasteiger partial charge in [-0.1, -0.05) is 30.3 Å². The van der Waals surface area contributed by atoms with Gasteiger partial charge in [-0.2, -0.15) is 0 Å². The van der Waals surface area contributed by atoms with Gasteiger partial charge in [-0.3, -0.25) is 9.52 Å². The maximum atomic E-state index is 12.8. The summed E-state index contributed by atoms with van der Waals surface area (Å²) in [6.45, 7) is 1.49. The second-order valence-electron chi connectivity index (χ2n) is 7.49. The Labute approximate surface area is 187 Å². The van der Waals surface area contributed by atoms with E-state index in [0.717, 1.165) is 12.0 Å². The summed E-state index contributed by atoms with van der Waals surface area (Å²) in [7, 11) is -2.10. The van der Waals surface area contributed by atoms with E-state index in [9.17, 15) is 13.2 Å². The maximum Gasteiger partial charge on any atom is 0.262 e. The highest BCUT2D eigenvalue weighted by Gasteiger charge is 2.19. The van der Waals surface area contributed by atoms with Crippen molar-refractivity contribution in [3.8, 4) is 11.5 Å². The van der Waals surface area contributed by atoms with Crippen molar-refractivity contribution in [2.45, 2.75) is 17.9 Å². The first kappa shape index (κ1) is 21.7. The summed E-state index contributed by atoms with van der Waals surface area (Å²) in [6.07, 6.45) is 0.737. The Morgan fingerprint density at radius 2 is 1.62 bits per heavy atom. The highest BCUT2D eigenvalue weighted by molar-refractivity contribution is 7.92. The van der Waals surface area contributed by atoms with Crippen molar-refractivity contribution >= 4 is 21.6 Å². The van der Waals surface area contributed by atoms with Gasteiger partial charge in [-0.25, -0.2) is 8.42 Å². The molecule has 0 aliphatic carbocycles. The molecule has 3 aromatic rings. The third-order valence-corrected chi connectivity index (χ3v) is 6.40. The van der Waals surface area contributed by atoms with Crippen LogP contribution in [0.5, 0.6) is 11.5 Å². The lowest BCUT2D eigenvalue weighted by atomic mass is 10.1. The van der Waals surface area contributed by atoms with Crippen LogP contribution in [0.1, 0.15) is 22.3 Å². The number of nitrogens with zero attached hydrogens (tertiary/aromatic N) is 1. The van der Waals surface area contributed by atoms with E-state index in [1.54, 1.807) is 42.3 Å². The SMILES string of the molecule is CN(Cc1ccccc1)C(=O)c1ccc(NS(=O)(=O)c2ccc3c(c2)OCCCO3)cc1. The smallest absolute Gasteiger partial charge is 0.262 e. The molecule has 32 heavy (non-hydrogen) atoms. The Morgan fingerprint density at radius 1 is 0.938 bits per heavy atom. The average molecular weight is 453 g/mol. The number of sulfonamides is 1. The predicted molar refractivity (Wildman–Crippen MR) is 122 cm³/mol. The molecule has 8 heteroatoms. The van der Waals surface area contributed by atoms with Crippen LogP contribution in [-0.2, 0) is 16.6 Å². The Hall–Kier alpha value is -3.52. The number of fused-ring (bicyclic) bond motifs is 1. The molecule has 1 aliphatic heterocycles. The molecule has 0 unspecified atom stereocenters. The lowest BCUT2D eigenvalue weighted by molar-refractivity contribution is 0.0785. The zero-order chi connectivity index (χ0) is 22.6. The van der Waals surface area contributed by atoms with Crippen molar-refractivity contribution in [3.05, 3.63) is 83.9 Å². The fraction of sp³-hybridized carbons (Fsp3) is 0.208. The van der Waals surface area contributed by atoms with Gasteiger partial charge < -0.3 is 14.4 Å². The molecular formula is C24H24N2O5S. The monoisotopic (exact) mass is 452 g/mol. The van der Waals surface area contributed by atoms with Gasteiger partial charge in [0.1, 0.15) is 0 Å². The van der Waals surface area contributed by atoms with Crippen molar-refractivity contribution in [2.75, 3.05) is 25.0 Å². The molecule has 7 nitrogen and oxygen atoms in total. The van der Waals surface area contributed by atoms with E-state index in [-0.39, 0.29) is 10.8 Å². The van der Waals surface area contributed by atoms with Crippen molar-refractivity contribution < 1.29 is 22.7 Å². The van der Waals surface area contributed by atoms with Gasteiger partial charge in [0.25, 0.3) is 15.9 Å². The lowest BCUT2D eigenvalue weighted by Crippen LogP contribution is -2.26. The molecule has 0 bridgehead atoms. The number of hydrogen-bond donors (Lipinski definition) is 1. The molecule has 0 saturated heterocycles. The molecule has 1 heterocycles. The first-order valence-corrected chi connectivity index (χ1v) is 11.7. The van der Waals surface area contributed by atoms with Crippen LogP contribution in [0.15, 0.2) is 77.7 Å². The van der Waals surface area contributed by atoms with Crippen molar-refractivity contribution in [2.24, 2.45) is 0 Å². The molecule has 1 aliphatic rings. The maximum absolute atomic E-state index is 12.8. The third kappa shape index (κ3) is 5.03. The summed E-state index contributed by atoms with van der Waals surface area (Å²) in [5, 5.41) is 0. The summed E-state index contributed by atoms with van der Waals surface area (Å²) in [6, 6.07) is 20.6. The molecule has 0 spiro atoms. The topological polar surface area (TPSA) is 84.9 Å². The number of rotatable bonds is 6. The largest absolute Gasteiger partial charge is 0.490 e. The van der Waals surface area contributed by atoms with Crippen LogP contribution < -0.4 is 14.2 Å². The summed E-state index contributed by atoms with van der Waals surface area (Å²) < 4.78 is 39.3. The first-order chi connectivity index (χ1) is 15.4. The summed E-state index contributed by atoms with van der Waals surface area (Å²) >= 11 is 0. The summed E-state index contributed by atoms with van der Waals surface area (Å²) in [4.78, 5) is 14.4. The lowest BCUT2D eigenvalue weighted by Gasteiger charge is -2.17. The molecular weight excluding hydrogens is 428 g/mol. The minimum absolute atomic E-state index is 0.0736. The molecule has 0 saturated carbocycles. The van der Waals surface area contributed by atoms with Gasteiger partial charge in [0, 0.05) is 37.3 Å². The fourth-order valence-corrected chi connectivity index (χ4v) is 4.43. The molecule has 1 N–H and O–H groups in total. The molecule has 4 rings (SSSR count). The van der Waals surface area contributed by atoms with E-state index in [1.165, 1.54) is 12.1 Å². The molecule has 0 radical (unpaired) electrons. The number of hydrogen-bond acceptors (Lipinski definition) is 5. The van der Waals surface area contributed by atoms with E-state index in [2.05, 4.69) is 4.72 Å². The van der Waals surface area contributed by atoms with Gasteiger partial charge in [-0.05, 0) is 42.0 Å². The highest BCUT2D eigenvalue weighted by Crippen LogP contribution is 2.32. The second kappa shape index (κ2) is 9.32. The predicted octanol–water partition coefficient (Wildman–Crippen LogP) is 3.92. The van der Waals surface area contributed by atoms with Crippen molar-refractivity contribution in [1.82, 2.24) is 4.90 Å². The van der Waals surface area contributed by atoms with Gasteiger partial charge in [0.05, 0.1) is 18.1 Å². The van der Waals surface area contributed by atoms with E-state index in [1.807, 2.05) is 30.3 Å². The number of benzene rings is 3. The Morgan fingerprint density at radius 3 is 2.34 bits per heavy atom. The van der Waals surface area contributed by atoms with Crippen molar-refractivity contribution in [1.29, 1.82) is 0 Å². The molecule has 0 atom stereocenters. The van der Waals surface area contributed by atoms with Crippen LogP contribution in [0.25, 0.3) is 0 Å². The fourth-order valence-electron chi connectivity index (χ4n) is 3.36. The molecule has 0 aromatic heterocycles. The zero-order valence-electron chi connectivity index (χ0n) is 17.7. The number of anilines is 1. The molecule has 1 amide bonds. The quantitative estimate of drug-likeness (QED) is 0.613. The second-order valence-corrected chi connectivity index (χ2v) is 9.17. The number of carbonyl (C=O) groups is 1. The van der Waals surface area contributed by atoms with E-state index in [4.69, 9.17) is 9.47 Å². The first-order valence-electron chi connectivity index (χ1n) is 10.2. The average Bonchev–Trinajstić information content (AvgIpc) is 3.04.